The van der Waals surface area contributed by atoms with Crippen molar-refractivity contribution in [2.75, 3.05) is 32.2 Å². The van der Waals surface area contributed by atoms with E-state index < -0.39 is 0 Å². The van der Waals surface area contributed by atoms with Gasteiger partial charge in [0.1, 0.15) is 11.5 Å². The second kappa shape index (κ2) is 11.3. The molecule has 1 saturated heterocycles. The van der Waals surface area contributed by atoms with Gasteiger partial charge in [0.05, 0.1) is 25.2 Å². The van der Waals surface area contributed by atoms with Crippen LogP contribution in [0.15, 0.2) is 53.7 Å². The van der Waals surface area contributed by atoms with E-state index in [2.05, 4.69) is 20.4 Å². The number of methoxy groups -OCH3 is 2. The highest BCUT2D eigenvalue weighted by atomic mass is 32.2. The maximum Gasteiger partial charge on any atom is 0.233 e. The minimum absolute atomic E-state index is 0.0603. The highest BCUT2D eigenvalue weighted by Gasteiger charge is 2.26. The predicted molar refractivity (Wildman–Crippen MR) is 134 cm³/mol. The first kappa shape index (κ1) is 23.9. The number of piperidine rings is 1. The Morgan fingerprint density at radius 2 is 1.76 bits per heavy atom. The van der Waals surface area contributed by atoms with Gasteiger partial charge in [-0.3, -0.25) is 9.36 Å². The van der Waals surface area contributed by atoms with Gasteiger partial charge in [0, 0.05) is 19.6 Å². The van der Waals surface area contributed by atoms with Crippen LogP contribution in [0.25, 0.3) is 5.69 Å². The van der Waals surface area contributed by atoms with Crippen LogP contribution in [-0.2, 0) is 11.3 Å². The Labute approximate surface area is 204 Å². The molecule has 1 amide bonds. The topological polar surface area (TPSA) is 81.5 Å². The number of benzene rings is 2. The SMILES string of the molecule is COc1ccc(CNC(=O)C(C)Sc2nnc(N3CCCCC3)n2-c2ccccc2OC)cc1. The largest absolute Gasteiger partial charge is 0.497 e. The minimum atomic E-state index is -0.356. The molecular weight excluding hydrogens is 450 g/mol. The fraction of sp³-hybridized carbons (Fsp3) is 0.400. The van der Waals surface area contributed by atoms with Gasteiger partial charge in [-0.05, 0) is 56.0 Å². The van der Waals surface area contributed by atoms with Crippen LogP contribution in [0.4, 0.5) is 5.95 Å². The first-order chi connectivity index (χ1) is 16.6. The molecule has 3 aromatic rings. The Balaban J connectivity index is 1.53. The molecule has 34 heavy (non-hydrogen) atoms. The number of carbonyl (C=O) groups is 1. The third kappa shape index (κ3) is 5.47. The Morgan fingerprint density at radius 3 is 2.47 bits per heavy atom. The van der Waals surface area contributed by atoms with E-state index in [1.54, 1.807) is 14.2 Å². The lowest BCUT2D eigenvalue weighted by Crippen LogP contribution is -2.32. The molecule has 0 saturated carbocycles. The van der Waals surface area contributed by atoms with Crippen molar-refractivity contribution in [3.8, 4) is 17.2 Å². The van der Waals surface area contributed by atoms with Crippen molar-refractivity contribution in [1.82, 2.24) is 20.1 Å². The van der Waals surface area contributed by atoms with Crippen LogP contribution < -0.4 is 19.7 Å². The molecule has 1 atom stereocenters. The Hall–Kier alpha value is -3.20. The van der Waals surface area contributed by atoms with Gasteiger partial charge in [-0.1, -0.05) is 36.0 Å². The van der Waals surface area contributed by atoms with E-state index in [0.717, 1.165) is 54.6 Å². The molecule has 0 aliphatic carbocycles. The Kier molecular flexibility index (Phi) is 7.95. The fourth-order valence-corrected chi connectivity index (χ4v) is 4.83. The van der Waals surface area contributed by atoms with Crippen molar-refractivity contribution in [3.63, 3.8) is 0 Å². The van der Waals surface area contributed by atoms with E-state index in [4.69, 9.17) is 9.47 Å². The van der Waals surface area contributed by atoms with Gasteiger partial charge in [-0.2, -0.15) is 0 Å². The number of hydrogen-bond donors (Lipinski definition) is 1. The summed E-state index contributed by atoms with van der Waals surface area (Å²) in [5, 5.41) is 12.3. The number of hydrogen-bond acceptors (Lipinski definition) is 7. The zero-order valence-electron chi connectivity index (χ0n) is 19.9. The van der Waals surface area contributed by atoms with E-state index in [1.165, 1.54) is 18.2 Å². The smallest absolute Gasteiger partial charge is 0.233 e. The van der Waals surface area contributed by atoms with Crippen LogP contribution >= 0.6 is 11.8 Å². The molecule has 180 valence electrons. The number of rotatable bonds is 9. The molecule has 0 spiro atoms. The van der Waals surface area contributed by atoms with Gasteiger partial charge in [0.15, 0.2) is 5.16 Å². The number of aromatic nitrogens is 3. The van der Waals surface area contributed by atoms with Gasteiger partial charge in [0.25, 0.3) is 0 Å². The number of anilines is 1. The zero-order chi connectivity index (χ0) is 23.9. The van der Waals surface area contributed by atoms with Crippen LogP contribution in [0.1, 0.15) is 31.7 Å². The van der Waals surface area contributed by atoms with E-state index in [9.17, 15) is 4.79 Å². The average Bonchev–Trinajstić information content (AvgIpc) is 3.31. The summed E-state index contributed by atoms with van der Waals surface area (Å²) in [6.07, 6.45) is 3.49. The summed E-state index contributed by atoms with van der Waals surface area (Å²) >= 11 is 1.39. The van der Waals surface area contributed by atoms with Crippen molar-refractivity contribution in [3.05, 3.63) is 54.1 Å². The van der Waals surface area contributed by atoms with E-state index >= 15 is 0 Å². The van der Waals surface area contributed by atoms with Crippen molar-refractivity contribution in [2.45, 2.75) is 43.1 Å². The van der Waals surface area contributed by atoms with Crippen LogP contribution in [-0.4, -0.2) is 53.2 Å². The van der Waals surface area contributed by atoms with Gasteiger partial charge in [-0.15, -0.1) is 10.2 Å². The van der Waals surface area contributed by atoms with E-state index in [-0.39, 0.29) is 11.2 Å². The Bertz CT molecular complexity index is 1100. The lowest BCUT2D eigenvalue weighted by Gasteiger charge is -2.28. The first-order valence-electron chi connectivity index (χ1n) is 11.5. The van der Waals surface area contributed by atoms with Gasteiger partial charge < -0.3 is 19.7 Å². The lowest BCUT2D eigenvalue weighted by molar-refractivity contribution is -0.120. The number of ether oxygens (including phenoxy) is 2. The maximum absolute atomic E-state index is 12.9. The average molecular weight is 482 g/mol. The molecule has 0 bridgehead atoms. The molecule has 2 aromatic carbocycles. The van der Waals surface area contributed by atoms with Crippen molar-refractivity contribution in [1.29, 1.82) is 0 Å². The standard InChI is InChI=1S/C25H31N5O3S/c1-18(23(31)26-17-19-11-13-20(32-2)14-12-19)34-25-28-27-24(29-15-7-4-8-16-29)30(25)21-9-5-6-10-22(21)33-3/h5-6,9-14,18H,4,7-8,15-17H2,1-3H3,(H,26,31). The molecule has 2 heterocycles. The quantitative estimate of drug-likeness (QED) is 0.461. The third-order valence-electron chi connectivity index (χ3n) is 5.86. The van der Waals surface area contributed by atoms with Crippen molar-refractivity contribution in [2.24, 2.45) is 0 Å². The molecule has 1 aliphatic rings. The molecule has 1 aromatic heterocycles. The summed E-state index contributed by atoms with van der Waals surface area (Å²) in [7, 11) is 3.29. The monoisotopic (exact) mass is 481 g/mol. The summed E-state index contributed by atoms with van der Waals surface area (Å²) < 4.78 is 12.8. The minimum Gasteiger partial charge on any atom is -0.497 e. The maximum atomic E-state index is 12.9. The summed E-state index contributed by atoms with van der Waals surface area (Å²) in [6.45, 7) is 4.22. The van der Waals surface area contributed by atoms with Crippen LogP contribution in [0, 0.1) is 0 Å². The highest BCUT2D eigenvalue weighted by Crippen LogP contribution is 2.34. The zero-order valence-corrected chi connectivity index (χ0v) is 20.7. The predicted octanol–water partition coefficient (Wildman–Crippen LogP) is 4.07. The molecule has 1 N–H and O–H groups in total. The summed E-state index contributed by atoms with van der Waals surface area (Å²) in [5.74, 6) is 2.26. The third-order valence-corrected chi connectivity index (χ3v) is 6.90. The Morgan fingerprint density at radius 1 is 1.03 bits per heavy atom. The van der Waals surface area contributed by atoms with Crippen LogP contribution in [0.2, 0.25) is 0 Å². The number of amides is 1. The molecule has 8 nitrogen and oxygen atoms in total. The van der Waals surface area contributed by atoms with Crippen LogP contribution in [0.3, 0.4) is 0 Å². The summed E-state index contributed by atoms with van der Waals surface area (Å²) in [4.78, 5) is 15.1. The molecule has 1 aliphatic heterocycles. The lowest BCUT2D eigenvalue weighted by atomic mass is 10.1. The second-order valence-electron chi connectivity index (χ2n) is 8.16. The van der Waals surface area contributed by atoms with Gasteiger partial charge in [-0.25, -0.2) is 0 Å². The molecule has 9 heteroatoms. The molecular formula is C25H31N5O3S. The summed E-state index contributed by atoms with van der Waals surface area (Å²) in [5.41, 5.74) is 1.87. The van der Waals surface area contributed by atoms with Crippen LogP contribution in [0.5, 0.6) is 11.5 Å². The highest BCUT2D eigenvalue weighted by molar-refractivity contribution is 8.00. The number of nitrogens with one attached hydrogen (secondary N) is 1. The van der Waals surface area contributed by atoms with Gasteiger partial charge in [0.2, 0.25) is 11.9 Å². The number of nitrogens with zero attached hydrogens (tertiary/aromatic N) is 4. The molecule has 0 radical (unpaired) electrons. The molecule has 1 fully saturated rings. The molecule has 4 rings (SSSR count). The summed E-state index contributed by atoms with van der Waals surface area (Å²) in [6, 6.07) is 15.5. The van der Waals surface area contributed by atoms with Gasteiger partial charge >= 0.3 is 0 Å². The number of carbonyl (C=O) groups excluding carboxylic acids is 1. The normalized spacial score (nSPS) is 14.5. The molecule has 1 unspecified atom stereocenters. The number of thioether (sulfide) groups is 1. The second-order valence-corrected chi connectivity index (χ2v) is 9.47. The van der Waals surface area contributed by atoms with E-state index in [1.807, 2.05) is 60.0 Å². The van der Waals surface area contributed by atoms with E-state index in [0.29, 0.717) is 11.7 Å². The fourth-order valence-electron chi connectivity index (χ4n) is 3.95. The van der Waals surface area contributed by atoms with Crippen molar-refractivity contribution < 1.29 is 14.3 Å². The van der Waals surface area contributed by atoms with Crippen molar-refractivity contribution >= 4 is 23.6 Å². The first-order valence-corrected chi connectivity index (χ1v) is 12.4. The number of para-hydroxylation sites is 2.